The minimum absolute atomic E-state index is 0.0589. The van der Waals surface area contributed by atoms with Gasteiger partial charge in [0.25, 0.3) is 0 Å². The van der Waals surface area contributed by atoms with Crippen molar-refractivity contribution >= 4 is 22.6 Å². The van der Waals surface area contributed by atoms with Crippen LogP contribution in [0.15, 0.2) is 66.7 Å². The van der Waals surface area contributed by atoms with Crippen LogP contribution in [0.2, 0.25) is 0 Å². The highest BCUT2D eigenvalue weighted by Gasteiger charge is 2.26. The lowest BCUT2D eigenvalue weighted by Crippen LogP contribution is -2.48. The zero-order valence-electron chi connectivity index (χ0n) is 18.8. The first kappa shape index (κ1) is 23.5. The summed E-state index contributed by atoms with van der Waals surface area (Å²) in [6.45, 7) is 4.38. The van der Waals surface area contributed by atoms with Crippen LogP contribution >= 0.6 is 0 Å². The van der Waals surface area contributed by atoms with Gasteiger partial charge in [-0.1, -0.05) is 74.0 Å². The van der Waals surface area contributed by atoms with Crippen LogP contribution in [0, 0.1) is 5.82 Å². The smallest absolute Gasteiger partial charge is 0.242 e. The third kappa shape index (κ3) is 5.94. The summed E-state index contributed by atoms with van der Waals surface area (Å²) in [6.07, 6.45) is 2.64. The molecule has 0 spiro atoms. The van der Waals surface area contributed by atoms with Gasteiger partial charge < -0.3 is 10.2 Å². The average molecular weight is 435 g/mol. The molecule has 1 unspecified atom stereocenters. The van der Waals surface area contributed by atoms with Crippen LogP contribution in [0.4, 0.5) is 4.39 Å². The zero-order chi connectivity index (χ0) is 22.9. The van der Waals surface area contributed by atoms with Crippen LogP contribution in [0.25, 0.3) is 10.8 Å². The molecule has 0 heterocycles. The summed E-state index contributed by atoms with van der Waals surface area (Å²) in [7, 11) is 0. The molecule has 0 saturated heterocycles. The summed E-state index contributed by atoms with van der Waals surface area (Å²) in [5, 5.41) is 5.14. The van der Waals surface area contributed by atoms with Gasteiger partial charge in [0.2, 0.25) is 11.8 Å². The molecular formula is C27H31FN2O2. The Morgan fingerprint density at radius 1 is 0.969 bits per heavy atom. The maximum atomic E-state index is 14.3. The Morgan fingerprint density at radius 2 is 1.66 bits per heavy atom. The third-order valence-corrected chi connectivity index (χ3v) is 5.78. The van der Waals surface area contributed by atoms with Gasteiger partial charge in [0.05, 0.1) is 0 Å². The minimum Gasteiger partial charge on any atom is -0.354 e. The van der Waals surface area contributed by atoms with Gasteiger partial charge in [-0.2, -0.15) is 0 Å². The van der Waals surface area contributed by atoms with Crippen molar-refractivity contribution in [1.82, 2.24) is 10.2 Å². The standard InChI is InChI=1S/C27H31FN2O2/c1-3-4-18-29-27(32)20(2)30(19-23-11-6-8-15-25(23)28)26(31)17-16-22-13-9-12-21-10-5-7-14-24(21)22/h5-15,20H,3-4,16-19H2,1-2H3,(H,29,32). The van der Waals surface area contributed by atoms with E-state index >= 15 is 0 Å². The Kier molecular flexibility index (Phi) is 8.37. The molecule has 0 aromatic heterocycles. The second kappa shape index (κ2) is 11.4. The number of hydrogen-bond donors (Lipinski definition) is 1. The van der Waals surface area contributed by atoms with Gasteiger partial charge in [0.15, 0.2) is 0 Å². The van der Waals surface area contributed by atoms with Gasteiger partial charge in [-0.05, 0) is 42.2 Å². The van der Waals surface area contributed by atoms with Gasteiger partial charge in [-0.25, -0.2) is 4.39 Å². The highest BCUT2D eigenvalue weighted by atomic mass is 19.1. The molecular weight excluding hydrogens is 403 g/mol. The molecule has 0 bridgehead atoms. The van der Waals surface area contributed by atoms with Gasteiger partial charge in [-0.15, -0.1) is 0 Å². The van der Waals surface area contributed by atoms with E-state index in [1.165, 1.54) is 11.0 Å². The molecule has 0 aliphatic heterocycles. The average Bonchev–Trinajstić information content (AvgIpc) is 2.81. The summed E-state index contributed by atoms with van der Waals surface area (Å²) in [6, 6.07) is 19.8. The number of aryl methyl sites for hydroxylation is 1. The number of rotatable bonds is 10. The summed E-state index contributed by atoms with van der Waals surface area (Å²) < 4.78 is 14.3. The molecule has 1 atom stereocenters. The molecule has 3 rings (SSSR count). The SMILES string of the molecule is CCCCNC(=O)C(C)N(Cc1ccccc1F)C(=O)CCc1cccc2ccccc12. The van der Waals surface area contributed by atoms with Crippen molar-refractivity contribution < 1.29 is 14.0 Å². The van der Waals surface area contributed by atoms with Gasteiger partial charge in [-0.3, -0.25) is 9.59 Å². The number of nitrogens with zero attached hydrogens (tertiary/aromatic N) is 1. The van der Waals surface area contributed by atoms with E-state index in [4.69, 9.17) is 0 Å². The summed E-state index contributed by atoms with van der Waals surface area (Å²) in [5.74, 6) is -0.759. The van der Waals surface area contributed by atoms with Crippen LogP contribution < -0.4 is 5.32 Å². The minimum atomic E-state index is -0.688. The van der Waals surface area contributed by atoms with E-state index in [0.29, 0.717) is 18.5 Å². The second-order valence-electron chi connectivity index (χ2n) is 8.07. The Hall–Kier alpha value is -3.21. The lowest BCUT2D eigenvalue weighted by atomic mass is 10.0. The van der Waals surface area contributed by atoms with Crippen LogP contribution in [0.3, 0.4) is 0 Å². The van der Waals surface area contributed by atoms with E-state index in [9.17, 15) is 14.0 Å². The summed E-state index contributed by atoms with van der Waals surface area (Å²) >= 11 is 0. The topological polar surface area (TPSA) is 49.4 Å². The maximum Gasteiger partial charge on any atom is 0.242 e. The predicted octanol–water partition coefficient (Wildman–Crippen LogP) is 5.25. The third-order valence-electron chi connectivity index (χ3n) is 5.78. The van der Waals surface area contributed by atoms with Crippen LogP contribution in [0.5, 0.6) is 0 Å². The van der Waals surface area contributed by atoms with Crippen molar-refractivity contribution in [3.05, 3.63) is 83.7 Å². The Morgan fingerprint density at radius 3 is 2.44 bits per heavy atom. The molecule has 0 saturated carbocycles. The van der Waals surface area contributed by atoms with Crippen molar-refractivity contribution in [3.63, 3.8) is 0 Å². The van der Waals surface area contributed by atoms with E-state index in [2.05, 4.69) is 18.3 Å². The molecule has 32 heavy (non-hydrogen) atoms. The molecule has 0 aliphatic rings. The van der Waals surface area contributed by atoms with Gasteiger partial charge in [0.1, 0.15) is 11.9 Å². The van der Waals surface area contributed by atoms with Gasteiger partial charge in [0, 0.05) is 25.1 Å². The summed E-state index contributed by atoms with van der Waals surface area (Å²) in [4.78, 5) is 27.4. The first-order valence-electron chi connectivity index (χ1n) is 11.3. The van der Waals surface area contributed by atoms with Crippen molar-refractivity contribution in [3.8, 4) is 0 Å². The predicted molar refractivity (Wildman–Crippen MR) is 127 cm³/mol. The lowest BCUT2D eigenvalue weighted by Gasteiger charge is -2.29. The Bertz CT molecular complexity index is 1060. The summed E-state index contributed by atoms with van der Waals surface area (Å²) in [5.41, 5.74) is 1.49. The number of halogens is 1. The molecule has 3 aromatic carbocycles. The van der Waals surface area contributed by atoms with Crippen LogP contribution in [-0.2, 0) is 22.6 Å². The quantitative estimate of drug-likeness (QED) is 0.443. The maximum absolute atomic E-state index is 14.3. The van der Waals surface area contributed by atoms with E-state index in [1.807, 2.05) is 36.4 Å². The number of fused-ring (bicyclic) bond motifs is 1. The number of carbonyl (C=O) groups is 2. The Balaban J connectivity index is 1.77. The van der Waals surface area contributed by atoms with Crippen molar-refractivity contribution in [2.75, 3.05) is 6.54 Å². The number of amides is 2. The molecule has 0 fully saturated rings. The number of unbranched alkanes of at least 4 members (excludes halogenated alkanes) is 1. The molecule has 0 radical (unpaired) electrons. The monoisotopic (exact) mass is 434 g/mol. The van der Waals surface area contributed by atoms with E-state index < -0.39 is 6.04 Å². The molecule has 168 valence electrons. The second-order valence-corrected chi connectivity index (χ2v) is 8.07. The molecule has 4 nitrogen and oxygen atoms in total. The fourth-order valence-corrected chi connectivity index (χ4v) is 3.82. The largest absolute Gasteiger partial charge is 0.354 e. The van der Waals surface area contributed by atoms with E-state index in [1.54, 1.807) is 25.1 Å². The fourth-order valence-electron chi connectivity index (χ4n) is 3.82. The zero-order valence-corrected chi connectivity index (χ0v) is 18.8. The van der Waals surface area contributed by atoms with Gasteiger partial charge >= 0.3 is 0 Å². The van der Waals surface area contributed by atoms with Crippen LogP contribution in [0.1, 0.15) is 44.2 Å². The first-order chi connectivity index (χ1) is 15.5. The normalized spacial score (nSPS) is 11.8. The van der Waals surface area contributed by atoms with E-state index in [0.717, 1.165) is 29.2 Å². The Labute approximate surface area is 189 Å². The van der Waals surface area contributed by atoms with E-state index in [-0.39, 0.29) is 30.6 Å². The number of nitrogens with one attached hydrogen (secondary N) is 1. The lowest BCUT2D eigenvalue weighted by molar-refractivity contribution is -0.140. The molecule has 3 aromatic rings. The van der Waals surface area contributed by atoms with Crippen LogP contribution in [-0.4, -0.2) is 29.3 Å². The molecule has 0 aliphatic carbocycles. The first-order valence-corrected chi connectivity index (χ1v) is 11.3. The molecule has 2 amide bonds. The number of benzene rings is 3. The molecule has 5 heteroatoms. The fraction of sp³-hybridized carbons (Fsp3) is 0.333. The van der Waals surface area contributed by atoms with Crippen molar-refractivity contribution in [2.45, 2.75) is 52.1 Å². The molecule has 1 N–H and O–H groups in total. The van der Waals surface area contributed by atoms with Crippen molar-refractivity contribution in [2.24, 2.45) is 0 Å². The number of hydrogen-bond acceptors (Lipinski definition) is 2. The highest BCUT2D eigenvalue weighted by molar-refractivity contribution is 5.88. The highest BCUT2D eigenvalue weighted by Crippen LogP contribution is 2.21. The van der Waals surface area contributed by atoms with Crippen molar-refractivity contribution in [1.29, 1.82) is 0 Å². The number of carbonyl (C=O) groups excluding carboxylic acids is 2.